The molecule has 1 aliphatic rings. The molecule has 1 saturated heterocycles. The molecule has 7 nitrogen and oxygen atoms in total. The molecule has 26 heavy (non-hydrogen) atoms. The van der Waals surface area contributed by atoms with Crippen LogP contribution < -0.4 is 10.2 Å². The molecule has 3 amide bonds. The van der Waals surface area contributed by atoms with Crippen molar-refractivity contribution in [2.24, 2.45) is 0 Å². The van der Waals surface area contributed by atoms with E-state index in [-0.39, 0.29) is 30.0 Å². The normalized spacial score (nSPS) is 17.0. The number of nitrogens with zero attached hydrogens (tertiary/aromatic N) is 2. The lowest BCUT2D eigenvalue weighted by Crippen LogP contribution is -2.31. The number of aromatic nitrogens is 1. The van der Waals surface area contributed by atoms with E-state index in [0.29, 0.717) is 17.9 Å². The number of amides is 3. The maximum absolute atomic E-state index is 12.6. The van der Waals surface area contributed by atoms with Gasteiger partial charge in [0.2, 0.25) is 17.7 Å². The molecule has 1 aromatic carbocycles. The van der Waals surface area contributed by atoms with Crippen LogP contribution in [0.4, 0.5) is 11.5 Å². The van der Waals surface area contributed by atoms with Crippen LogP contribution in [0.15, 0.2) is 39.8 Å². The van der Waals surface area contributed by atoms with Gasteiger partial charge >= 0.3 is 0 Å². The third-order valence-corrected chi connectivity index (χ3v) is 5.04. The molecule has 8 heteroatoms. The van der Waals surface area contributed by atoms with Crippen molar-refractivity contribution >= 4 is 41.0 Å². The van der Waals surface area contributed by atoms with Crippen LogP contribution in [-0.2, 0) is 14.4 Å². The molecule has 0 radical (unpaired) electrons. The Bertz CT molecular complexity index is 831. The van der Waals surface area contributed by atoms with E-state index in [1.807, 2.05) is 19.1 Å². The van der Waals surface area contributed by atoms with Crippen molar-refractivity contribution in [2.45, 2.75) is 43.3 Å². The highest BCUT2D eigenvalue weighted by Crippen LogP contribution is 2.34. The van der Waals surface area contributed by atoms with Gasteiger partial charge in [-0.25, -0.2) is 4.90 Å². The van der Waals surface area contributed by atoms with E-state index >= 15 is 0 Å². The summed E-state index contributed by atoms with van der Waals surface area (Å²) in [5, 5.41) is 6.07. The summed E-state index contributed by atoms with van der Waals surface area (Å²) >= 11 is 1.32. The summed E-state index contributed by atoms with van der Waals surface area (Å²) in [4.78, 5) is 38.3. The summed E-state index contributed by atoms with van der Waals surface area (Å²) in [5.74, 6) is 0.160. The highest BCUT2D eigenvalue weighted by Gasteiger charge is 2.41. The summed E-state index contributed by atoms with van der Waals surface area (Å²) in [5.41, 5.74) is 0.710. The third kappa shape index (κ3) is 3.96. The molecule has 0 saturated carbocycles. The molecule has 3 rings (SSSR count). The molecule has 0 unspecified atom stereocenters. The summed E-state index contributed by atoms with van der Waals surface area (Å²) in [6.07, 6.45) is 1.38. The predicted octanol–water partition coefficient (Wildman–Crippen LogP) is 3.15. The second-order valence-electron chi connectivity index (χ2n) is 6.00. The van der Waals surface area contributed by atoms with Crippen LogP contribution in [0.1, 0.15) is 31.9 Å². The molecule has 1 aromatic heterocycles. The minimum Gasteiger partial charge on any atom is -0.360 e. The fraction of sp³-hybridized carbons (Fsp3) is 0.333. The van der Waals surface area contributed by atoms with Gasteiger partial charge in [-0.05, 0) is 37.6 Å². The molecule has 2 heterocycles. The zero-order valence-electron chi connectivity index (χ0n) is 14.5. The Morgan fingerprint density at radius 1 is 1.35 bits per heavy atom. The Labute approximate surface area is 155 Å². The molecule has 136 valence electrons. The molecule has 0 bridgehead atoms. The molecular weight excluding hydrogens is 354 g/mol. The van der Waals surface area contributed by atoms with Crippen molar-refractivity contribution in [3.05, 3.63) is 36.1 Å². The number of aryl methyl sites for hydroxylation is 1. The second-order valence-corrected chi connectivity index (χ2v) is 7.27. The third-order valence-electron chi connectivity index (χ3n) is 3.84. The van der Waals surface area contributed by atoms with Gasteiger partial charge < -0.3 is 9.84 Å². The van der Waals surface area contributed by atoms with Crippen molar-refractivity contribution in [2.75, 3.05) is 10.2 Å². The van der Waals surface area contributed by atoms with Crippen LogP contribution >= 0.6 is 11.8 Å². The number of rotatable bonds is 6. The van der Waals surface area contributed by atoms with E-state index in [1.54, 1.807) is 25.1 Å². The second kappa shape index (κ2) is 7.74. The molecule has 1 aliphatic heterocycles. The highest BCUT2D eigenvalue weighted by atomic mass is 32.2. The van der Waals surface area contributed by atoms with Crippen molar-refractivity contribution in [3.63, 3.8) is 0 Å². The largest absolute Gasteiger partial charge is 0.360 e. The van der Waals surface area contributed by atoms with Crippen molar-refractivity contribution < 1.29 is 18.9 Å². The lowest BCUT2D eigenvalue weighted by atomic mass is 10.3. The number of hydrogen-bond donors (Lipinski definition) is 1. The zero-order chi connectivity index (χ0) is 18.7. The molecule has 2 aromatic rings. The van der Waals surface area contributed by atoms with Gasteiger partial charge in [0.05, 0.1) is 5.25 Å². The number of carbonyl (C=O) groups is 3. The first kappa shape index (κ1) is 18.2. The Hall–Kier alpha value is -2.61. The summed E-state index contributed by atoms with van der Waals surface area (Å²) in [6.45, 7) is 3.65. The van der Waals surface area contributed by atoms with E-state index in [0.717, 1.165) is 16.2 Å². The molecule has 1 fully saturated rings. The van der Waals surface area contributed by atoms with Crippen molar-refractivity contribution in [3.8, 4) is 0 Å². The smallest absolute Gasteiger partial charge is 0.249 e. The quantitative estimate of drug-likeness (QED) is 0.782. The first-order chi connectivity index (χ1) is 12.5. The Morgan fingerprint density at radius 3 is 2.69 bits per heavy atom. The Balaban J connectivity index is 1.65. The van der Waals surface area contributed by atoms with Crippen LogP contribution in [-0.4, -0.2) is 28.1 Å². The SMILES string of the molecule is CCCC(=O)Nc1ccc(S[C@H]2CC(=O)N(c3cc(C)on3)C2=O)cc1. The first-order valence-electron chi connectivity index (χ1n) is 8.34. The van der Waals surface area contributed by atoms with Gasteiger partial charge in [-0.15, -0.1) is 11.8 Å². The Kier molecular flexibility index (Phi) is 5.41. The standard InChI is InChI=1S/C18H19N3O4S/c1-3-4-16(22)19-12-5-7-13(8-6-12)26-14-10-17(23)21(18(14)24)15-9-11(2)25-20-15/h5-9,14H,3-4,10H2,1-2H3,(H,19,22)/t14-/m0/s1. The fourth-order valence-electron chi connectivity index (χ4n) is 2.63. The van der Waals surface area contributed by atoms with E-state index in [9.17, 15) is 14.4 Å². The minimum atomic E-state index is -0.500. The van der Waals surface area contributed by atoms with E-state index < -0.39 is 5.25 Å². The molecule has 1 N–H and O–H groups in total. The predicted molar refractivity (Wildman–Crippen MR) is 98.0 cm³/mol. The van der Waals surface area contributed by atoms with Crippen LogP contribution in [0, 0.1) is 6.92 Å². The lowest BCUT2D eigenvalue weighted by molar-refractivity contribution is -0.121. The number of imide groups is 1. The average molecular weight is 373 g/mol. The molecule has 0 aliphatic carbocycles. The number of benzene rings is 1. The minimum absolute atomic E-state index is 0.0250. The van der Waals surface area contributed by atoms with Gasteiger partial charge in [0.1, 0.15) is 5.76 Å². The number of carbonyl (C=O) groups excluding carboxylic acids is 3. The van der Waals surface area contributed by atoms with Gasteiger partial charge in [-0.1, -0.05) is 12.1 Å². The molecule has 0 spiro atoms. The van der Waals surface area contributed by atoms with Gasteiger partial charge in [0, 0.05) is 29.5 Å². The van der Waals surface area contributed by atoms with Crippen LogP contribution in [0.25, 0.3) is 0 Å². The number of anilines is 2. The van der Waals surface area contributed by atoms with E-state index in [2.05, 4.69) is 10.5 Å². The van der Waals surface area contributed by atoms with Crippen LogP contribution in [0.2, 0.25) is 0 Å². The zero-order valence-corrected chi connectivity index (χ0v) is 15.3. The number of hydrogen-bond acceptors (Lipinski definition) is 6. The number of thioether (sulfide) groups is 1. The van der Waals surface area contributed by atoms with E-state index in [4.69, 9.17) is 4.52 Å². The van der Waals surface area contributed by atoms with Crippen LogP contribution in [0.3, 0.4) is 0 Å². The monoisotopic (exact) mass is 373 g/mol. The average Bonchev–Trinajstić information content (AvgIpc) is 3.13. The summed E-state index contributed by atoms with van der Waals surface area (Å²) in [6, 6.07) is 8.79. The maximum atomic E-state index is 12.6. The molecular formula is C18H19N3O4S. The topological polar surface area (TPSA) is 92.5 Å². The van der Waals surface area contributed by atoms with E-state index in [1.165, 1.54) is 11.8 Å². The van der Waals surface area contributed by atoms with Crippen LogP contribution in [0.5, 0.6) is 0 Å². The van der Waals surface area contributed by atoms with Gasteiger partial charge in [0.25, 0.3) is 0 Å². The summed E-state index contributed by atoms with van der Waals surface area (Å²) in [7, 11) is 0. The highest BCUT2D eigenvalue weighted by molar-refractivity contribution is 8.00. The Morgan fingerprint density at radius 2 is 2.08 bits per heavy atom. The maximum Gasteiger partial charge on any atom is 0.249 e. The van der Waals surface area contributed by atoms with Gasteiger partial charge in [0.15, 0.2) is 5.82 Å². The van der Waals surface area contributed by atoms with Gasteiger partial charge in [-0.2, -0.15) is 0 Å². The first-order valence-corrected chi connectivity index (χ1v) is 9.22. The lowest BCUT2D eigenvalue weighted by Gasteiger charge is -2.11. The van der Waals surface area contributed by atoms with Crippen molar-refractivity contribution in [1.82, 2.24) is 5.16 Å². The fourth-order valence-corrected chi connectivity index (χ4v) is 3.68. The van der Waals surface area contributed by atoms with Crippen molar-refractivity contribution in [1.29, 1.82) is 0 Å². The summed E-state index contributed by atoms with van der Waals surface area (Å²) < 4.78 is 4.95. The number of nitrogens with one attached hydrogen (secondary N) is 1. The van der Waals surface area contributed by atoms with Gasteiger partial charge in [-0.3, -0.25) is 14.4 Å². The molecule has 1 atom stereocenters.